The maximum absolute atomic E-state index is 11.5. The fourth-order valence-corrected chi connectivity index (χ4v) is 6.74. The Bertz CT molecular complexity index is 1580. The average molecular weight is 582 g/mol. The highest BCUT2D eigenvalue weighted by molar-refractivity contribution is 7.20. The van der Waals surface area contributed by atoms with Crippen LogP contribution in [0.5, 0.6) is 11.5 Å². The first-order chi connectivity index (χ1) is 19.4. The van der Waals surface area contributed by atoms with Crippen LogP contribution in [0, 0.1) is 0 Å². The Morgan fingerprint density at radius 1 is 1.20 bits per heavy atom. The molecule has 0 unspecified atom stereocenters. The van der Waals surface area contributed by atoms with Gasteiger partial charge in [-0.2, -0.15) is 0 Å². The normalized spacial score (nSPS) is 23.0. The lowest BCUT2D eigenvalue weighted by Crippen LogP contribution is -2.35. The fraction of sp³-hybridized carbons (Fsp3) is 0.429. The Balaban J connectivity index is 1.06. The average Bonchev–Trinajstić information content (AvgIpc) is 3.58. The Kier molecular flexibility index (Phi) is 6.42. The lowest BCUT2D eigenvalue weighted by molar-refractivity contribution is -0.0725. The van der Waals surface area contributed by atoms with Crippen LogP contribution in [-0.4, -0.2) is 61.3 Å². The summed E-state index contributed by atoms with van der Waals surface area (Å²) >= 11 is 7.16. The monoisotopic (exact) mass is 581 g/mol. The molecule has 2 saturated heterocycles. The zero-order valence-corrected chi connectivity index (χ0v) is 23.5. The van der Waals surface area contributed by atoms with Crippen LogP contribution >= 0.6 is 22.9 Å². The first-order valence-corrected chi connectivity index (χ1v) is 14.6. The molecule has 4 aromatic rings. The van der Waals surface area contributed by atoms with Crippen molar-refractivity contribution in [3.63, 3.8) is 0 Å². The van der Waals surface area contributed by atoms with Gasteiger partial charge in [-0.15, -0.1) is 11.3 Å². The summed E-state index contributed by atoms with van der Waals surface area (Å²) in [5.41, 5.74) is 2.59. The predicted molar refractivity (Wildman–Crippen MR) is 148 cm³/mol. The van der Waals surface area contributed by atoms with Gasteiger partial charge >= 0.3 is 5.97 Å². The van der Waals surface area contributed by atoms with Crippen molar-refractivity contribution >= 4 is 39.3 Å². The number of likely N-dealkylation sites (tertiary alicyclic amines) is 1. The number of carboxylic acid groups (broad SMARTS) is 1. The molecule has 1 N–H and O–H groups in total. The number of nitrogens with zero attached hydrogens (tertiary/aromatic N) is 5. The van der Waals surface area contributed by atoms with Crippen molar-refractivity contribution in [3.05, 3.63) is 63.8 Å². The topological polar surface area (TPSA) is 112 Å². The van der Waals surface area contributed by atoms with E-state index >= 15 is 0 Å². The summed E-state index contributed by atoms with van der Waals surface area (Å²) in [6.45, 7) is 5.86. The lowest BCUT2D eigenvalue weighted by Gasteiger charge is -2.33. The van der Waals surface area contributed by atoms with Crippen molar-refractivity contribution in [2.75, 3.05) is 19.7 Å². The zero-order chi connectivity index (χ0) is 27.4. The number of hydrogen-bond acceptors (Lipinski definition) is 9. The second-order valence-corrected chi connectivity index (χ2v) is 12.0. The molecule has 40 heavy (non-hydrogen) atoms. The number of benzene rings is 1. The molecule has 0 saturated carbocycles. The van der Waals surface area contributed by atoms with Gasteiger partial charge in [-0.25, -0.2) is 19.7 Å². The first-order valence-electron chi connectivity index (χ1n) is 13.4. The van der Waals surface area contributed by atoms with E-state index in [0.29, 0.717) is 40.5 Å². The van der Waals surface area contributed by atoms with Gasteiger partial charge in [-0.1, -0.05) is 23.7 Å². The maximum Gasteiger partial charge on any atom is 0.346 e. The molecule has 12 heteroatoms. The summed E-state index contributed by atoms with van der Waals surface area (Å²) in [5, 5.41) is 9.77. The Labute approximate surface area is 239 Å². The van der Waals surface area contributed by atoms with Crippen LogP contribution in [0.1, 0.15) is 58.9 Å². The van der Waals surface area contributed by atoms with E-state index in [-0.39, 0.29) is 6.10 Å². The minimum absolute atomic E-state index is 0.155. The number of halogens is 1. The molecule has 3 aliphatic heterocycles. The van der Waals surface area contributed by atoms with Gasteiger partial charge in [0.15, 0.2) is 11.5 Å². The highest BCUT2D eigenvalue weighted by Crippen LogP contribution is 2.49. The van der Waals surface area contributed by atoms with E-state index < -0.39 is 11.8 Å². The standard InChI is InChI=1S/C28H28ClN5O5S/c1-28(22-12-31-23(29)13-30-22)38-20-4-2-3-18(25(20)39-28)16-5-8-33(9-6-16)15-24-32-26-19(11-21(40-26)27(35)36)34(24)14-17-7-10-37-17/h2-4,11-13,16-17H,5-10,14-15H2,1H3,(H,35,36)/t17-,28-/m0/s1. The minimum Gasteiger partial charge on any atom is -0.477 e. The van der Waals surface area contributed by atoms with Gasteiger partial charge in [-0.3, -0.25) is 4.90 Å². The van der Waals surface area contributed by atoms with E-state index in [0.717, 1.165) is 66.4 Å². The second kappa shape index (κ2) is 9.99. The number of hydrogen-bond donors (Lipinski definition) is 1. The molecule has 1 aromatic carbocycles. The van der Waals surface area contributed by atoms with E-state index in [1.54, 1.807) is 12.3 Å². The zero-order valence-electron chi connectivity index (χ0n) is 21.9. The molecule has 0 aliphatic carbocycles. The van der Waals surface area contributed by atoms with Crippen molar-refractivity contribution in [1.82, 2.24) is 24.4 Å². The van der Waals surface area contributed by atoms with E-state index in [9.17, 15) is 9.90 Å². The third-order valence-corrected chi connectivity index (χ3v) is 9.21. The van der Waals surface area contributed by atoms with Crippen LogP contribution in [0.4, 0.5) is 0 Å². The number of aromatic carboxylic acids is 1. The number of thiophene rings is 1. The summed E-state index contributed by atoms with van der Waals surface area (Å²) in [6.07, 6.45) is 6.19. The molecule has 2 atom stereocenters. The molecule has 6 heterocycles. The van der Waals surface area contributed by atoms with E-state index in [1.165, 1.54) is 17.5 Å². The van der Waals surface area contributed by atoms with E-state index in [4.69, 9.17) is 30.8 Å². The van der Waals surface area contributed by atoms with Crippen LogP contribution in [0.25, 0.3) is 10.3 Å². The number of aromatic nitrogens is 4. The molecule has 3 aromatic heterocycles. The minimum atomic E-state index is -1.06. The molecule has 0 spiro atoms. The van der Waals surface area contributed by atoms with Crippen molar-refractivity contribution < 1.29 is 24.1 Å². The molecule has 0 amide bonds. The molecule has 208 valence electrons. The largest absolute Gasteiger partial charge is 0.477 e. The molecule has 10 nitrogen and oxygen atoms in total. The van der Waals surface area contributed by atoms with Gasteiger partial charge in [0.2, 0.25) is 0 Å². The van der Waals surface area contributed by atoms with Crippen molar-refractivity contribution in [2.45, 2.75) is 57.1 Å². The summed E-state index contributed by atoms with van der Waals surface area (Å²) in [7, 11) is 0. The number of imidazole rings is 1. The van der Waals surface area contributed by atoms with Gasteiger partial charge in [-0.05, 0) is 50.4 Å². The van der Waals surface area contributed by atoms with Crippen molar-refractivity contribution in [1.29, 1.82) is 0 Å². The SMILES string of the molecule is C[C@]1(c2cnc(Cl)cn2)Oc2cccc(C3CCN(Cc4nc5sc(C(=O)O)cc5n4C[C@@H]4CCO4)CC3)c2O1. The summed E-state index contributed by atoms with van der Waals surface area (Å²) < 4.78 is 20.5. The Morgan fingerprint density at radius 3 is 2.73 bits per heavy atom. The number of piperidine rings is 1. The number of carboxylic acids is 1. The van der Waals surface area contributed by atoms with Crippen LogP contribution in [0.15, 0.2) is 36.7 Å². The first kappa shape index (κ1) is 25.7. The summed E-state index contributed by atoms with van der Waals surface area (Å²) in [5.74, 6) is 0.792. The number of fused-ring (bicyclic) bond motifs is 2. The van der Waals surface area contributed by atoms with Crippen LogP contribution in [-0.2, 0) is 23.6 Å². The van der Waals surface area contributed by atoms with Crippen molar-refractivity contribution in [3.8, 4) is 11.5 Å². The predicted octanol–water partition coefficient (Wildman–Crippen LogP) is 5.05. The molecule has 2 fully saturated rings. The maximum atomic E-state index is 11.5. The number of ether oxygens (including phenoxy) is 3. The van der Waals surface area contributed by atoms with Crippen LogP contribution < -0.4 is 9.47 Å². The number of carbonyl (C=O) groups is 1. The summed E-state index contributed by atoms with van der Waals surface area (Å²) in [4.78, 5) is 28.4. The van der Waals surface area contributed by atoms with E-state index in [2.05, 4.69) is 25.5 Å². The third-order valence-electron chi connectivity index (χ3n) is 8.01. The highest BCUT2D eigenvalue weighted by Gasteiger charge is 2.42. The van der Waals surface area contributed by atoms with Crippen LogP contribution in [0.3, 0.4) is 0 Å². The molecular formula is C28H28ClN5O5S. The van der Waals surface area contributed by atoms with Crippen LogP contribution in [0.2, 0.25) is 5.15 Å². The Hall–Kier alpha value is -3.25. The summed E-state index contributed by atoms with van der Waals surface area (Å²) in [6, 6.07) is 7.81. The number of para-hydroxylation sites is 1. The number of rotatable bonds is 7. The molecule has 3 aliphatic rings. The molecular weight excluding hydrogens is 554 g/mol. The van der Waals surface area contributed by atoms with E-state index in [1.807, 2.05) is 19.1 Å². The second-order valence-electron chi connectivity index (χ2n) is 10.6. The van der Waals surface area contributed by atoms with Gasteiger partial charge < -0.3 is 23.9 Å². The van der Waals surface area contributed by atoms with Gasteiger partial charge in [0.05, 0.1) is 37.1 Å². The van der Waals surface area contributed by atoms with Gasteiger partial charge in [0.25, 0.3) is 5.79 Å². The third kappa shape index (κ3) is 4.60. The van der Waals surface area contributed by atoms with Gasteiger partial charge in [0, 0.05) is 19.1 Å². The van der Waals surface area contributed by atoms with Gasteiger partial charge in [0.1, 0.15) is 26.4 Å². The highest BCUT2D eigenvalue weighted by atomic mass is 35.5. The Morgan fingerprint density at radius 2 is 2.02 bits per heavy atom. The fourth-order valence-electron chi connectivity index (χ4n) is 5.75. The lowest BCUT2D eigenvalue weighted by atomic mass is 9.88. The molecule has 0 radical (unpaired) electrons. The smallest absolute Gasteiger partial charge is 0.346 e. The molecule has 7 rings (SSSR count). The van der Waals surface area contributed by atoms with Crippen molar-refractivity contribution in [2.24, 2.45) is 0 Å². The quantitative estimate of drug-likeness (QED) is 0.320. The molecule has 0 bridgehead atoms.